The molecule has 1 aromatic carbocycles. The first-order chi connectivity index (χ1) is 8.22. The van der Waals surface area contributed by atoms with E-state index < -0.39 is 0 Å². The number of benzene rings is 1. The van der Waals surface area contributed by atoms with E-state index in [4.69, 9.17) is 10.5 Å². The Kier molecular flexibility index (Phi) is 3.44. The molecule has 4 heteroatoms. The van der Waals surface area contributed by atoms with Gasteiger partial charge in [-0.15, -0.1) is 0 Å². The van der Waals surface area contributed by atoms with E-state index in [1.165, 1.54) is 0 Å². The molecule has 4 nitrogen and oxygen atoms in total. The van der Waals surface area contributed by atoms with Gasteiger partial charge >= 0.3 is 0 Å². The molecule has 1 amide bonds. The Hall–Kier alpha value is -1.81. The number of nitrogens with zero attached hydrogens (tertiary/aromatic N) is 1. The van der Waals surface area contributed by atoms with E-state index in [1.807, 2.05) is 18.2 Å². The molecule has 17 heavy (non-hydrogen) atoms. The summed E-state index contributed by atoms with van der Waals surface area (Å²) in [5.41, 5.74) is 6.95. The molecule has 0 bridgehead atoms. The summed E-state index contributed by atoms with van der Waals surface area (Å²) in [4.78, 5) is 14.0. The van der Waals surface area contributed by atoms with Crippen LogP contribution in [0.2, 0.25) is 0 Å². The normalized spacial score (nSPS) is 14.9. The van der Waals surface area contributed by atoms with Gasteiger partial charge in [0.05, 0.1) is 12.1 Å². The number of carbonyl (C=O) groups is 1. The maximum absolute atomic E-state index is 12.3. The van der Waals surface area contributed by atoms with Crippen molar-refractivity contribution in [3.05, 3.63) is 42.0 Å². The number of fused-ring (bicyclic) bond motifs is 1. The lowest BCUT2D eigenvalue weighted by Crippen LogP contribution is -2.35. The number of ether oxygens (including phenoxy) is 1. The van der Waals surface area contributed by atoms with Gasteiger partial charge in [-0.2, -0.15) is 0 Å². The third kappa shape index (κ3) is 2.47. The fraction of sp³-hybridized carbons (Fsp3) is 0.308. The van der Waals surface area contributed by atoms with E-state index in [0.717, 1.165) is 5.57 Å². The summed E-state index contributed by atoms with van der Waals surface area (Å²) < 4.78 is 5.54. The van der Waals surface area contributed by atoms with E-state index in [9.17, 15) is 4.79 Å². The fourth-order valence-electron chi connectivity index (χ4n) is 1.79. The van der Waals surface area contributed by atoms with Gasteiger partial charge in [-0.1, -0.05) is 18.7 Å². The van der Waals surface area contributed by atoms with E-state index in [2.05, 4.69) is 6.58 Å². The number of amides is 1. The smallest absolute Gasteiger partial charge is 0.258 e. The first kappa shape index (κ1) is 11.7. The van der Waals surface area contributed by atoms with Crippen LogP contribution >= 0.6 is 0 Å². The molecule has 0 saturated heterocycles. The molecule has 0 atom stereocenters. The van der Waals surface area contributed by atoms with Crippen molar-refractivity contribution in [1.82, 2.24) is 4.90 Å². The van der Waals surface area contributed by atoms with Crippen molar-refractivity contribution in [2.75, 3.05) is 26.2 Å². The van der Waals surface area contributed by atoms with Crippen LogP contribution in [0.25, 0.3) is 0 Å². The van der Waals surface area contributed by atoms with Crippen LogP contribution in [-0.2, 0) is 0 Å². The van der Waals surface area contributed by atoms with Crippen LogP contribution in [0.15, 0.2) is 36.4 Å². The van der Waals surface area contributed by atoms with Crippen LogP contribution in [0.5, 0.6) is 5.75 Å². The van der Waals surface area contributed by atoms with Crippen molar-refractivity contribution in [2.24, 2.45) is 5.73 Å². The first-order valence-electron chi connectivity index (χ1n) is 5.60. The van der Waals surface area contributed by atoms with E-state index in [-0.39, 0.29) is 5.91 Å². The molecule has 0 fully saturated rings. The maximum atomic E-state index is 12.3. The topological polar surface area (TPSA) is 55.6 Å². The summed E-state index contributed by atoms with van der Waals surface area (Å²) in [6.07, 6.45) is 0. The summed E-state index contributed by atoms with van der Waals surface area (Å²) in [5, 5.41) is 0. The molecule has 0 saturated carbocycles. The van der Waals surface area contributed by atoms with Gasteiger partial charge in [0, 0.05) is 13.1 Å². The molecule has 2 rings (SSSR count). The third-order valence-corrected chi connectivity index (χ3v) is 2.73. The van der Waals surface area contributed by atoms with Crippen LogP contribution < -0.4 is 10.5 Å². The van der Waals surface area contributed by atoms with Gasteiger partial charge in [0.2, 0.25) is 0 Å². The maximum Gasteiger partial charge on any atom is 0.258 e. The van der Waals surface area contributed by atoms with Crippen molar-refractivity contribution in [3.8, 4) is 5.75 Å². The van der Waals surface area contributed by atoms with Crippen molar-refractivity contribution in [1.29, 1.82) is 0 Å². The van der Waals surface area contributed by atoms with E-state index >= 15 is 0 Å². The standard InChI is InChI=1S/C13H16N2O2/c1-10(8-14)9-15-6-7-17-12-5-3-2-4-11(12)13(15)16/h2-5H,1,6-9,14H2. The highest BCUT2D eigenvalue weighted by Crippen LogP contribution is 2.22. The molecule has 1 aliphatic heterocycles. The summed E-state index contributed by atoms with van der Waals surface area (Å²) in [5.74, 6) is 0.631. The number of carbonyl (C=O) groups excluding carboxylic acids is 1. The second-order valence-electron chi connectivity index (χ2n) is 4.03. The molecule has 0 aromatic heterocycles. The van der Waals surface area contributed by atoms with Gasteiger partial charge in [-0.25, -0.2) is 0 Å². The highest BCUT2D eigenvalue weighted by atomic mass is 16.5. The summed E-state index contributed by atoms with van der Waals surface area (Å²) in [6, 6.07) is 7.29. The minimum Gasteiger partial charge on any atom is -0.491 e. The van der Waals surface area contributed by atoms with E-state index in [1.54, 1.807) is 11.0 Å². The van der Waals surface area contributed by atoms with Gasteiger partial charge in [-0.3, -0.25) is 4.79 Å². The molecule has 1 heterocycles. The molecular weight excluding hydrogens is 216 g/mol. The van der Waals surface area contributed by atoms with Crippen molar-refractivity contribution in [2.45, 2.75) is 0 Å². The zero-order chi connectivity index (χ0) is 12.3. The summed E-state index contributed by atoms with van der Waals surface area (Å²) in [6.45, 7) is 5.78. The quantitative estimate of drug-likeness (QED) is 0.792. The minimum absolute atomic E-state index is 0.0206. The monoisotopic (exact) mass is 232 g/mol. The molecule has 2 N–H and O–H groups in total. The first-order valence-corrected chi connectivity index (χ1v) is 5.60. The SMILES string of the molecule is C=C(CN)CN1CCOc2ccccc2C1=O. The lowest BCUT2D eigenvalue weighted by Gasteiger charge is -2.20. The van der Waals surface area contributed by atoms with Crippen molar-refractivity contribution >= 4 is 5.91 Å². The highest BCUT2D eigenvalue weighted by Gasteiger charge is 2.22. The molecule has 0 spiro atoms. The van der Waals surface area contributed by atoms with Gasteiger partial charge in [0.1, 0.15) is 12.4 Å². The Morgan fingerprint density at radius 2 is 2.24 bits per heavy atom. The predicted molar refractivity (Wildman–Crippen MR) is 66.0 cm³/mol. The Labute approximate surface area is 101 Å². The number of hydrogen-bond donors (Lipinski definition) is 1. The Morgan fingerprint density at radius 3 is 3.00 bits per heavy atom. The highest BCUT2D eigenvalue weighted by molar-refractivity contribution is 5.97. The zero-order valence-corrected chi connectivity index (χ0v) is 9.69. The Balaban J connectivity index is 2.23. The molecule has 0 aliphatic carbocycles. The van der Waals surface area contributed by atoms with Crippen LogP contribution in [0.4, 0.5) is 0 Å². The molecular formula is C13H16N2O2. The van der Waals surface area contributed by atoms with Crippen molar-refractivity contribution < 1.29 is 9.53 Å². The molecule has 0 unspecified atom stereocenters. The van der Waals surface area contributed by atoms with Crippen LogP contribution in [0, 0.1) is 0 Å². The van der Waals surface area contributed by atoms with Crippen LogP contribution in [-0.4, -0.2) is 37.0 Å². The molecule has 1 aromatic rings. The summed E-state index contributed by atoms with van der Waals surface area (Å²) >= 11 is 0. The minimum atomic E-state index is -0.0206. The van der Waals surface area contributed by atoms with E-state index in [0.29, 0.717) is 37.6 Å². The third-order valence-electron chi connectivity index (χ3n) is 2.73. The summed E-state index contributed by atoms with van der Waals surface area (Å²) in [7, 11) is 0. The van der Waals surface area contributed by atoms with Crippen LogP contribution in [0.1, 0.15) is 10.4 Å². The van der Waals surface area contributed by atoms with Crippen LogP contribution in [0.3, 0.4) is 0 Å². The lowest BCUT2D eigenvalue weighted by atomic mass is 10.1. The van der Waals surface area contributed by atoms with Crippen molar-refractivity contribution in [3.63, 3.8) is 0 Å². The lowest BCUT2D eigenvalue weighted by molar-refractivity contribution is 0.0770. The number of nitrogens with two attached hydrogens (primary N) is 1. The number of rotatable bonds is 3. The molecule has 90 valence electrons. The molecule has 0 radical (unpaired) electrons. The average molecular weight is 232 g/mol. The van der Waals surface area contributed by atoms with Gasteiger partial charge < -0.3 is 15.4 Å². The van der Waals surface area contributed by atoms with Gasteiger partial charge in [0.25, 0.3) is 5.91 Å². The Morgan fingerprint density at radius 1 is 1.47 bits per heavy atom. The number of hydrogen-bond acceptors (Lipinski definition) is 3. The fourth-order valence-corrected chi connectivity index (χ4v) is 1.79. The average Bonchev–Trinajstić information content (AvgIpc) is 2.51. The second kappa shape index (κ2) is 5.01. The Bertz CT molecular complexity index is 443. The largest absolute Gasteiger partial charge is 0.491 e. The van der Waals surface area contributed by atoms with Gasteiger partial charge in [-0.05, 0) is 17.7 Å². The zero-order valence-electron chi connectivity index (χ0n) is 9.69. The number of para-hydroxylation sites is 1. The molecule has 1 aliphatic rings. The second-order valence-corrected chi connectivity index (χ2v) is 4.03. The predicted octanol–water partition coefficient (Wildman–Crippen LogP) is 1.04. The van der Waals surface area contributed by atoms with Gasteiger partial charge in [0.15, 0.2) is 0 Å².